The van der Waals surface area contributed by atoms with Crippen LogP contribution in [0.15, 0.2) is 36.4 Å². The predicted octanol–water partition coefficient (Wildman–Crippen LogP) is 3.77. The van der Waals surface area contributed by atoms with Crippen molar-refractivity contribution in [2.75, 3.05) is 5.32 Å². The van der Waals surface area contributed by atoms with Gasteiger partial charge in [0.1, 0.15) is 5.75 Å². The lowest BCUT2D eigenvalue weighted by Crippen LogP contribution is -2.14. The molecule has 1 atom stereocenters. The second-order valence-corrected chi connectivity index (χ2v) is 5.21. The first-order valence-electron chi connectivity index (χ1n) is 6.86. The van der Waals surface area contributed by atoms with Crippen LogP contribution in [-0.2, 0) is 4.79 Å². The van der Waals surface area contributed by atoms with E-state index in [4.69, 9.17) is 4.74 Å². The van der Waals surface area contributed by atoms with Crippen LogP contribution >= 0.6 is 0 Å². The molecule has 0 fully saturated rings. The summed E-state index contributed by atoms with van der Waals surface area (Å²) in [4.78, 5) is 11.9. The molecule has 19 heavy (non-hydrogen) atoms. The molecule has 0 spiro atoms. The van der Waals surface area contributed by atoms with E-state index in [2.05, 4.69) is 17.5 Å². The summed E-state index contributed by atoms with van der Waals surface area (Å²) in [6, 6.07) is 7.51. The van der Waals surface area contributed by atoms with Crippen molar-refractivity contribution in [2.24, 2.45) is 5.92 Å². The van der Waals surface area contributed by atoms with Gasteiger partial charge < -0.3 is 10.1 Å². The first-order valence-corrected chi connectivity index (χ1v) is 6.86. The van der Waals surface area contributed by atoms with Crippen LogP contribution in [0.1, 0.15) is 33.1 Å². The zero-order chi connectivity index (χ0) is 13.7. The number of amides is 1. The summed E-state index contributed by atoms with van der Waals surface area (Å²) in [5.74, 6) is 1.31. The number of anilines is 1. The highest BCUT2D eigenvalue weighted by molar-refractivity contribution is 5.91. The maximum absolute atomic E-state index is 11.9. The lowest BCUT2D eigenvalue weighted by Gasteiger charge is -2.11. The Balaban J connectivity index is 1.84. The molecule has 2 rings (SSSR count). The van der Waals surface area contributed by atoms with Crippen LogP contribution in [0, 0.1) is 5.92 Å². The predicted molar refractivity (Wildman–Crippen MR) is 77.3 cm³/mol. The molecule has 102 valence electrons. The van der Waals surface area contributed by atoms with E-state index in [1.807, 2.05) is 38.1 Å². The fourth-order valence-electron chi connectivity index (χ4n) is 2.20. The molecule has 1 aliphatic carbocycles. The Morgan fingerprint density at radius 3 is 2.68 bits per heavy atom. The van der Waals surface area contributed by atoms with Crippen molar-refractivity contribution < 1.29 is 9.53 Å². The van der Waals surface area contributed by atoms with Crippen LogP contribution in [0.5, 0.6) is 5.75 Å². The fraction of sp³-hybridized carbons (Fsp3) is 0.438. The molecule has 1 aliphatic rings. The molecule has 0 bridgehead atoms. The average Bonchev–Trinajstić information content (AvgIpc) is 2.83. The highest BCUT2D eigenvalue weighted by atomic mass is 16.5. The van der Waals surface area contributed by atoms with Gasteiger partial charge in [0.25, 0.3) is 0 Å². The van der Waals surface area contributed by atoms with Gasteiger partial charge in [-0.1, -0.05) is 12.2 Å². The van der Waals surface area contributed by atoms with Gasteiger partial charge in [-0.3, -0.25) is 4.79 Å². The van der Waals surface area contributed by atoms with E-state index in [1.165, 1.54) is 0 Å². The van der Waals surface area contributed by atoms with Gasteiger partial charge in [-0.05, 0) is 56.9 Å². The van der Waals surface area contributed by atoms with E-state index < -0.39 is 0 Å². The van der Waals surface area contributed by atoms with Gasteiger partial charge in [0.2, 0.25) is 5.91 Å². The van der Waals surface area contributed by atoms with Crippen molar-refractivity contribution >= 4 is 11.6 Å². The van der Waals surface area contributed by atoms with Gasteiger partial charge in [-0.15, -0.1) is 0 Å². The Kier molecular flexibility index (Phi) is 4.61. The van der Waals surface area contributed by atoms with Crippen LogP contribution in [0.25, 0.3) is 0 Å². The minimum Gasteiger partial charge on any atom is -0.491 e. The maximum Gasteiger partial charge on any atom is 0.224 e. The standard InChI is InChI=1S/C16H21NO2/c1-12(2)19-15-9-7-14(8-10-15)17-16(18)11-13-5-3-4-6-13/h3,5,7-10,12-13H,4,6,11H2,1-2H3,(H,17,18). The zero-order valence-corrected chi connectivity index (χ0v) is 11.6. The SMILES string of the molecule is CC(C)Oc1ccc(NC(=O)CC2C=CCC2)cc1. The number of hydrogen-bond acceptors (Lipinski definition) is 2. The number of allylic oxidation sites excluding steroid dienone is 2. The molecule has 0 aliphatic heterocycles. The van der Waals surface area contributed by atoms with E-state index in [-0.39, 0.29) is 12.0 Å². The van der Waals surface area contributed by atoms with Crippen molar-refractivity contribution in [1.82, 2.24) is 0 Å². The highest BCUT2D eigenvalue weighted by Crippen LogP contribution is 2.22. The van der Waals surface area contributed by atoms with E-state index in [0.29, 0.717) is 12.3 Å². The molecule has 3 nitrogen and oxygen atoms in total. The lowest BCUT2D eigenvalue weighted by molar-refractivity contribution is -0.116. The topological polar surface area (TPSA) is 38.3 Å². The van der Waals surface area contributed by atoms with Crippen molar-refractivity contribution in [3.05, 3.63) is 36.4 Å². The third-order valence-corrected chi connectivity index (χ3v) is 3.07. The molecule has 3 heteroatoms. The summed E-state index contributed by atoms with van der Waals surface area (Å²) in [5.41, 5.74) is 0.822. The highest BCUT2D eigenvalue weighted by Gasteiger charge is 2.13. The summed E-state index contributed by atoms with van der Waals surface area (Å²) in [6.07, 6.45) is 7.21. The van der Waals surface area contributed by atoms with Gasteiger partial charge in [-0.25, -0.2) is 0 Å². The Morgan fingerprint density at radius 2 is 2.11 bits per heavy atom. The molecule has 0 aromatic heterocycles. The first-order chi connectivity index (χ1) is 9.13. The summed E-state index contributed by atoms with van der Waals surface area (Å²) in [6.45, 7) is 3.98. The number of hydrogen-bond donors (Lipinski definition) is 1. The van der Waals surface area contributed by atoms with Crippen LogP contribution in [0.3, 0.4) is 0 Å². The van der Waals surface area contributed by atoms with Crippen LogP contribution < -0.4 is 10.1 Å². The Labute approximate surface area is 114 Å². The van der Waals surface area contributed by atoms with Gasteiger partial charge >= 0.3 is 0 Å². The normalized spacial score (nSPS) is 17.7. The molecule has 0 saturated carbocycles. The van der Waals surface area contributed by atoms with Gasteiger partial charge in [0.15, 0.2) is 0 Å². The lowest BCUT2D eigenvalue weighted by atomic mass is 10.1. The van der Waals surface area contributed by atoms with E-state index in [0.717, 1.165) is 24.3 Å². The largest absolute Gasteiger partial charge is 0.491 e. The third-order valence-electron chi connectivity index (χ3n) is 3.07. The van der Waals surface area contributed by atoms with Crippen molar-refractivity contribution in [1.29, 1.82) is 0 Å². The first kappa shape index (κ1) is 13.7. The molecule has 0 heterocycles. The van der Waals surface area contributed by atoms with E-state index in [9.17, 15) is 4.79 Å². The molecule has 1 aromatic carbocycles. The summed E-state index contributed by atoms with van der Waals surface area (Å²) >= 11 is 0. The quantitative estimate of drug-likeness (QED) is 0.817. The maximum atomic E-state index is 11.9. The second kappa shape index (κ2) is 6.41. The molecule has 1 unspecified atom stereocenters. The van der Waals surface area contributed by atoms with E-state index in [1.54, 1.807) is 0 Å². The van der Waals surface area contributed by atoms with Gasteiger partial charge in [-0.2, -0.15) is 0 Å². The Hall–Kier alpha value is -1.77. The number of nitrogens with one attached hydrogen (secondary N) is 1. The van der Waals surface area contributed by atoms with Gasteiger partial charge in [0, 0.05) is 12.1 Å². The molecule has 0 radical (unpaired) electrons. The summed E-state index contributed by atoms with van der Waals surface area (Å²) < 4.78 is 5.56. The number of carbonyl (C=O) groups excluding carboxylic acids is 1. The monoisotopic (exact) mass is 259 g/mol. The molecule has 0 saturated heterocycles. The molecular weight excluding hydrogens is 238 g/mol. The molecular formula is C16H21NO2. The smallest absolute Gasteiger partial charge is 0.224 e. The van der Waals surface area contributed by atoms with Gasteiger partial charge in [0.05, 0.1) is 6.10 Å². The Bertz CT molecular complexity index is 448. The molecule has 1 amide bonds. The Morgan fingerprint density at radius 1 is 1.37 bits per heavy atom. The summed E-state index contributed by atoms with van der Waals surface area (Å²) in [5, 5.41) is 2.92. The third kappa shape index (κ3) is 4.43. The van der Waals surface area contributed by atoms with Crippen LogP contribution in [0.2, 0.25) is 0 Å². The fourth-order valence-corrected chi connectivity index (χ4v) is 2.20. The van der Waals surface area contributed by atoms with Crippen molar-refractivity contribution in [3.8, 4) is 5.75 Å². The van der Waals surface area contributed by atoms with E-state index >= 15 is 0 Å². The summed E-state index contributed by atoms with van der Waals surface area (Å²) in [7, 11) is 0. The van der Waals surface area contributed by atoms with Crippen LogP contribution in [-0.4, -0.2) is 12.0 Å². The number of carbonyl (C=O) groups is 1. The number of ether oxygens (including phenoxy) is 1. The van der Waals surface area contributed by atoms with Crippen molar-refractivity contribution in [3.63, 3.8) is 0 Å². The minimum atomic E-state index is 0.0778. The van der Waals surface area contributed by atoms with Crippen molar-refractivity contribution in [2.45, 2.75) is 39.2 Å². The molecule has 1 N–H and O–H groups in total. The zero-order valence-electron chi connectivity index (χ0n) is 11.6. The molecule has 1 aromatic rings. The number of benzene rings is 1. The van der Waals surface area contributed by atoms with Crippen LogP contribution in [0.4, 0.5) is 5.69 Å². The minimum absolute atomic E-state index is 0.0778. The number of rotatable bonds is 5. The second-order valence-electron chi connectivity index (χ2n) is 5.21. The average molecular weight is 259 g/mol.